The lowest BCUT2D eigenvalue weighted by Crippen LogP contribution is -2.00. The summed E-state index contributed by atoms with van der Waals surface area (Å²) in [6, 6.07) is 0. The number of hydrogen-bond donors (Lipinski definition) is 0. The summed E-state index contributed by atoms with van der Waals surface area (Å²) in [5.74, 6) is 0.447. The van der Waals surface area contributed by atoms with Crippen molar-refractivity contribution in [2.24, 2.45) is 0 Å². The Balaban J connectivity index is 2.42. The van der Waals surface area contributed by atoms with Gasteiger partial charge in [-0.3, -0.25) is 0 Å². The molecule has 0 saturated carbocycles. The molecule has 0 aliphatic heterocycles. The zero-order chi connectivity index (χ0) is 13.1. The van der Waals surface area contributed by atoms with Crippen LogP contribution >= 0.6 is 23.4 Å². The average molecular weight is 285 g/mol. The van der Waals surface area contributed by atoms with Gasteiger partial charge in [-0.2, -0.15) is 14.6 Å². The number of fused-ring (bicyclic) bond motifs is 1. The van der Waals surface area contributed by atoms with Crippen molar-refractivity contribution in [3.05, 3.63) is 17.0 Å². The summed E-state index contributed by atoms with van der Waals surface area (Å²) >= 11 is 7.59. The monoisotopic (exact) mass is 284 g/mol. The van der Waals surface area contributed by atoms with Gasteiger partial charge in [0.1, 0.15) is 0 Å². The highest BCUT2D eigenvalue weighted by Gasteiger charge is 2.15. The molecule has 0 spiro atoms. The van der Waals surface area contributed by atoms with E-state index in [1.54, 1.807) is 4.52 Å². The molecule has 1 atom stereocenters. The Labute approximate surface area is 116 Å². The second-order valence-electron chi connectivity index (χ2n) is 4.36. The molecule has 0 fully saturated rings. The second kappa shape index (κ2) is 5.89. The third-order valence-electron chi connectivity index (χ3n) is 3.04. The fraction of sp³-hybridized carbons (Fsp3) is 0.583. The van der Waals surface area contributed by atoms with Crippen LogP contribution in [0.4, 0.5) is 0 Å². The van der Waals surface area contributed by atoms with E-state index in [0.717, 1.165) is 17.6 Å². The van der Waals surface area contributed by atoms with Gasteiger partial charge in [0.25, 0.3) is 0 Å². The maximum absolute atomic E-state index is 6.10. The number of nitrogens with zero attached hydrogens (tertiary/aromatic N) is 4. The van der Waals surface area contributed by atoms with Gasteiger partial charge in [-0.25, -0.2) is 4.98 Å². The number of halogens is 1. The van der Waals surface area contributed by atoms with Crippen LogP contribution in [-0.2, 0) is 0 Å². The van der Waals surface area contributed by atoms with Gasteiger partial charge in [-0.05, 0) is 30.2 Å². The molecular formula is C12H17ClN4S. The van der Waals surface area contributed by atoms with Gasteiger partial charge < -0.3 is 0 Å². The average Bonchev–Trinajstić information content (AvgIpc) is 2.80. The van der Waals surface area contributed by atoms with E-state index in [-0.39, 0.29) is 0 Å². The van der Waals surface area contributed by atoms with Crippen LogP contribution in [0, 0.1) is 0 Å². The van der Waals surface area contributed by atoms with Crippen LogP contribution < -0.4 is 0 Å². The van der Waals surface area contributed by atoms with Crippen LogP contribution in [0.5, 0.6) is 0 Å². The van der Waals surface area contributed by atoms with Crippen LogP contribution in [0.3, 0.4) is 0 Å². The fourth-order valence-electron chi connectivity index (χ4n) is 1.95. The zero-order valence-corrected chi connectivity index (χ0v) is 12.4. The third-order valence-corrected chi connectivity index (χ3v) is 3.83. The maximum Gasteiger partial charge on any atom is 0.228 e. The third kappa shape index (κ3) is 2.62. The van der Waals surface area contributed by atoms with Gasteiger partial charge in [0.2, 0.25) is 5.28 Å². The van der Waals surface area contributed by atoms with Crippen molar-refractivity contribution in [1.82, 2.24) is 19.6 Å². The van der Waals surface area contributed by atoms with Crippen molar-refractivity contribution >= 4 is 29.0 Å². The van der Waals surface area contributed by atoms with Gasteiger partial charge in [-0.1, -0.05) is 38.5 Å². The van der Waals surface area contributed by atoms with Crippen molar-refractivity contribution in [2.75, 3.05) is 6.26 Å². The first-order valence-electron chi connectivity index (χ1n) is 6.12. The minimum Gasteiger partial charge on any atom is -0.202 e. The summed E-state index contributed by atoms with van der Waals surface area (Å²) in [5, 5.41) is 5.34. The Morgan fingerprint density at radius 3 is 2.89 bits per heavy atom. The summed E-state index contributed by atoms with van der Waals surface area (Å²) in [4.78, 5) is 8.68. The number of hydrogen-bond acceptors (Lipinski definition) is 4. The highest BCUT2D eigenvalue weighted by Crippen LogP contribution is 2.26. The first-order chi connectivity index (χ1) is 8.67. The van der Waals surface area contributed by atoms with Crippen LogP contribution in [-0.4, -0.2) is 25.8 Å². The summed E-state index contributed by atoms with van der Waals surface area (Å²) < 4.78 is 1.61. The standard InChI is InChI=1S/C12H17ClN4S/c1-4-5-6-8(2)9-7-14-17-10(9)15-12(18-3)16-11(17)13/h7-8H,4-6H2,1-3H3. The van der Waals surface area contributed by atoms with E-state index in [9.17, 15) is 0 Å². The lowest BCUT2D eigenvalue weighted by atomic mass is 9.98. The molecule has 1 unspecified atom stereocenters. The van der Waals surface area contributed by atoms with Crippen molar-refractivity contribution in [3.63, 3.8) is 0 Å². The molecule has 6 heteroatoms. The van der Waals surface area contributed by atoms with E-state index in [1.807, 2.05) is 12.5 Å². The largest absolute Gasteiger partial charge is 0.228 e. The van der Waals surface area contributed by atoms with Crippen LogP contribution in [0.2, 0.25) is 5.28 Å². The molecule has 2 aromatic heterocycles. The SMILES string of the molecule is CCCCC(C)c1cnn2c(Cl)nc(SC)nc12. The number of unbranched alkanes of at least 4 members (excludes halogenated alkanes) is 1. The molecule has 0 aliphatic rings. The Hall–Kier alpha value is -0.810. The highest BCUT2D eigenvalue weighted by molar-refractivity contribution is 7.98. The number of aromatic nitrogens is 4. The summed E-state index contributed by atoms with van der Waals surface area (Å²) in [6.45, 7) is 4.41. The minimum atomic E-state index is 0.373. The molecule has 0 N–H and O–H groups in total. The van der Waals surface area contributed by atoms with Crippen molar-refractivity contribution in [1.29, 1.82) is 0 Å². The first-order valence-corrected chi connectivity index (χ1v) is 7.72. The van der Waals surface area contributed by atoms with E-state index in [1.165, 1.54) is 24.6 Å². The molecule has 2 rings (SSSR count). The quantitative estimate of drug-likeness (QED) is 0.784. The molecular weight excluding hydrogens is 268 g/mol. The van der Waals surface area contributed by atoms with Gasteiger partial charge >= 0.3 is 0 Å². The molecule has 0 saturated heterocycles. The van der Waals surface area contributed by atoms with Crippen molar-refractivity contribution in [3.8, 4) is 0 Å². The molecule has 2 heterocycles. The molecule has 0 radical (unpaired) electrons. The second-order valence-corrected chi connectivity index (χ2v) is 5.47. The topological polar surface area (TPSA) is 43.1 Å². The summed E-state index contributed by atoms with van der Waals surface area (Å²) in [5.41, 5.74) is 1.99. The molecule has 18 heavy (non-hydrogen) atoms. The summed E-state index contributed by atoms with van der Waals surface area (Å²) in [7, 11) is 0. The maximum atomic E-state index is 6.10. The van der Waals surface area contributed by atoms with Crippen LogP contribution in [0.1, 0.15) is 44.6 Å². The van der Waals surface area contributed by atoms with E-state index in [0.29, 0.717) is 16.4 Å². The van der Waals surface area contributed by atoms with Crippen LogP contribution in [0.15, 0.2) is 11.4 Å². The molecule has 2 aromatic rings. The molecule has 98 valence electrons. The Bertz CT molecular complexity index is 540. The molecule has 0 aromatic carbocycles. The highest BCUT2D eigenvalue weighted by atomic mass is 35.5. The predicted molar refractivity (Wildman–Crippen MR) is 75.5 cm³/mol. The Morgan fingerprint density at radius 1 is 1.44 bits per heavy atom. The minimum absolute atomic E-state index is 0.373. The Morgan fingerprint density at radius 2 is 2.22 bits per heavy atom. The van der Waals surface area contributed by atoms with Gasteiger partial charge in [-0.15, -0.1) is 0 Å². The normalized spacial score (nSPS) is 13.1. The molecule has 0 bridgehead atoms. The van der Waals surface area contributed by atoms with Gasteiger partial charge in [0, 0.05) is 5.56 Å². The van der Waals surface area contributed by atoms with Gasteiger partial charge in [0.15, 0.2) is 10.8 Å². The van der Waals surface area contributed by atoms with Crippen LogP contribution in [0.25, 0.3) is 5.65 Å². The molecule has 0 amide bonds. The van der Waals surface area contributed by atoms with E-state index < -0.39 is 0 Å². The lowest BCUT2D eigenvalue weighted by Gasteiger charge is -2.08. The number of rotatable bonds is 5. The van der Waals surface area contributed by atoms with Crippen molar-refractivity contribution in [2.45, 2.75) is 44.2 Å². The smallest absolute Gasteiger partial charge is 0.202 e. The lowest BCUT2D eigenvalue weighted by molar-refractivity contribution is 0.626. The van der Waals surface area contributed by atoms with E-state index >= 15 is 0 Å². The van der Waals surface area contributed by atoms with Gasteiger partial charge in [0.05, 0.1) is 6.20 Å². The zero-order valence-electron chi connectivity index (χ0n) is 10.9. The molecule has 4 nitrogen and oxygen atoms in total. The Kier molecular flexibility index (Phi) is 4.45. The first kappa shape index (κ1) is 13.6. The van der Waals surface area contributed by atoms with Crippen molar-refractivity contribution < 1.29 is 0 Å². The van der Waals surface area contributed by atoms with E-state index in [4.69, 9.17) is 11.6 Å². The molecule has 0 aliphatic carbocycles. The van der Waals surface area contributed by atoms with E-state index in [2.05, 4.69) is 28.9 Å². The summed E-state index contributed by atoms with van der Waals surface area (Å²) in [6.07, 6.45) is 7.37. The fourth-order valence-corrected chi connectivity index (χ4v) is 2.56. The number of thioether (sulfide) groups is 1. The predicted octanol–water partition coefficient (Wildman–Crippen LogP) is 3.79.